The van der Waals surface area contributed by atoms with Crippen molar-refractivity contribution in [3.63, 3.8) is 0 Å². The molecule has 0 bridgehead atoms. The maximum atomic E-state index is 10.7. The first-order valence-electron chi connectivity index (χ1n) is 7.58. The van der Waals surface area contributed by atoms with Crippen molar-refractivity contribution in [2.45, 2.75) is 43.8 Å². The van der Waals surface area contributed by atoms with Gasteiger partial charge in [-0.05, 0) is 37.8 Å². The molecule has 0 saturated carbocycles. The normalized spacial score (nSPS) is 27.0. The van der Waals surface area contributed by atoms with E-state index in [4.69, 9.17) is 10.2 Å². The van der Waals surface area contributed by atoms with Crippen LogP contribution >= 0.6 is 0 Å². The van der Waals surface area contributed by atoms with E-state index in [1.165, 1.54) is 5.56 Å². The van der Waals surface area contributed by atoms with Crippen molar-refractivity contribution in [1.82, 2.24) is 10.6 Å². The second-order valence-electron chi connectivity index (χ2n) is 5.59. The summed E-state index contributed by atoms with van der Waals surface area (Å²) in [5.74, 6) is -1.47. The molecule has 0 aromatic heterocycles. The van der Waals surface area contributed by atoms with E-state index in [2.05, 4.69) is 10.6 Å². The van der Waals surface area contributed by atoms with Gasteiger partial charge in [-0.25, -0.2) is 0 Å². The van der Waals surface area contributed by atoms with Crippen LogP contribution in [0.2, 0.25) is 0 Å². The molecule has 0 spiro atoms. The van der Waals surface area contributed by atoms with E-state index in [9.17, 15) is 9.59 Å². The molecule has 2 aliphatic heterocycles. The summed E-state index contributed by atoms with van der Waals surface area (Å²) in [5.41, 5.74) is 1.18. The van der Waals surface area contributed by atoms with E-state index < -0.39 is 11.9 Å². The molecular formula is C16H22N2O4. The number of carboxylic acid groups (broad SMARTS) is 2. The monoisotopic (exact) mass is 306 g/mol. The Morgan fingerprint density at radius 2 is 1.64 bits per heavy atom. The van der Waals surface area contributed by atoms with Crippen LogP contribution in [0.4, 0.5) is 0 Å². The summed E-state index contributed by atoms with van der Waals surface area (Å²) < 4.78 is 0. The molecule has 3 rings (SSSR count). The Labute approximate surface area is 129 Å². The fourth-order valence-electron chi connectivity index (χ4n) is 2.78. The molecular weight excluding hydrogens is 284 g/mol. The van der Waals surface area contributed by atoms with Crippen LogP contribution in [0, 0.1) is 0 Å². The highest BCUT2D eigenvalue weighted by molar-refractivity contribution is 5.74. The van der Waals surface area contributed by atoms with Gasteiger partial charge >= 0.3 is 11.9 Å². The summed E-state index contributed by atoms with van der Waals surface area (Å²) in [4.78, 5) is 20.9. The Kier molecular flexibility index (Phi) is 5.91. The number of hydrogen-bond donors (Lipinski definition) is 4. The van der Waals surface area contributed by atoms with E-state index in [0.29, 0.717) is 0 Å². The highest BCUT2D eigenvalue weighted by atomic mass is 16.4. The largest absolute Gasteiger partial charge is 0.480 e. The van der Waals surface area contributed by atoms with Crippen molar-refractivity contribution >= 4 is 11.9 Å². The summed E-state index contributed by atoms with van der Waals surface area (Å²) >= 11 is 0. The van der Waals surface area contributed by atoms with E-state index in [-0.39, 0.29) is 18.1 Å². The van der Waals surface area contributed by atoms with Gasteiger partial charge in [-0.2, -0.15) is 0 Å². The minimum absolute atomic E-state index is 0.206. The van der Waals surface area contributed by atoms with Crippen molar-refractivity contribution in [3.05, 3.63) is 35.9 Å². The topological polar surface area (TPSA) is 98.7 Å². The molecule has 3 atom stereocenters. The van der Waals surface area contributed by atoms with Gasteiger partial charge in [0.1, 0.15) is 12.1 Å². The van der Waals surface area contributed by atoms with Crippen molar-refractivity contribution in [2.24, 2.45) is 0 Å². The third kappa shape index (κ3) is 4.54. The Balaban J connectivity index is 0.000000188. The number of hydrogen-bond acceptors (Lipinski definition) is 4. The van der Waals surface area contributed by atoms with Crippen LogP contribution in [0.5, 0.6) is 0 Å². The molecule has 2 saturated heterocycles. The molecule has 2 fully saturated rings. The van der Waals surface area contributed by atoms with Gasteiger partial charge in [0.25, 0.3) is 0 Å². The number of aliphatic carboxylic acids is 2. The van der Waals surface area contributed by atoms with Crippen LogP contribution in [0.3, 0.4) is 0 Å². The van der Waals surface area contributed by atoms with Crippen molar-refractivity contribution < 1.29 is 19.8 Å². The first-order valence-corrected chi connectivity index (χ1v) is 7.58. The van der Waals surface area contributed by atoms with Gasteiger partial charge in [-0.1, -0.05) is 30.3 Å². The van der Waals surface area contributed by atoms with Gasteiger partial charge in [-0.15, -0.1) is 0 Å². The van der Waals surface area contributed by atoms with Crippen LogP contribution in [-0.4, -0.2) is 40.8 Å². The predicted octanol–water partition coefficient (Wildman–Crippen LogP) is 1.39. The molecule has 1 aromatic carbocycles. The number of benzene rings is 1. The number of carbonyl (C=O) groups is 2. The van der Waals surface area contributed by atoms with Gasteiger partial charge in [0.15, 0.2) is 0 Å². The lowest BCUT2D eigenvalue weighted by Crippen LogP contribution is -2.31. The van der Waals surface area contributed by atoms with Crippen LogP contribution in [-0.2, 0) is 9.59 Å². The zero-order chi connectivity index (χ0) is 15.9. The smallest absolute Gasteiger partial charge is 0.320 e. The minimum Gasteiger partial charge on any atom is -0.480 e. The van der Waals surface area contributed by atoms with Crippen LogP contribution in [0.15, 0.2) is 30.3 Å². The maximum absolute atomic E-state index is 10.7. The third-order valence-corrected chi connectivity index (χ3v) is 4.00. The summed E-state index contributed by atoms with van der Waals surface area (Å²) in [7, 11) is 0. The second kappa shape index (κ2) is 7.91. The average Bonchev–Trinajstić information content (AvgIpc) is 3.21. The highest BCUT2D eigenvalue weighted by Crippen LogP contribution is 2.26. The number of nitrogens with one attached hydrogen (secondary N) is 2. The first-order chi connectivity index (χ1) is 10.6. The van der Waals surface area contributed by atoms with Crippen LogP contribution in [0.25, 0.3) is 0 Å². The Hall–Kier alpha value is -1.92. The molecule has 2 heterocycles. The zero-order valence-corrected chi connectivity index (χ0v) is 12.4. The molecule has 1 unspecified atom stereocenters. The van der Waals surface area contributed by atoms with Gasteiger partial charge < -0.3 is 15.5 Å². The minimum atomic E-state index is -0.747. The molecule has 120 valence electrons. The number of rotatable bonds is 3. The Morgan fingerprint density at radius 1 is 0.955 bits per heavy atom. The molecule has 2 aliphatic rings. The second-order valence-corrected chi connectivity index (χ2v) is 5.59. The maximum Gasteiger partial charge on any atom is 0.320 e. The van der Waals surface area contributed by atoms with Crippen LogP contribution < -0.4 is 10.6 Å². The summed E-state index contributed by atoms with van der Waals surface area (Å²) in [6, 6.07) is 9.54. The summed E-state index contributed by atoms with van der Waals surface area (Å²) in [6.45, 7) is 0.858. The van der Waals surface area contributed by atoms with Gasteiger partial charge in [-0.3, -0.25) is 14.9 Å². The molecule has 6 nitrogen and oxygen atoms in total. The van der Waals surface area contributed by atoms with Crippen molar-refractivity contribution in [1.29, 1.82) is 0 Å². The van der Waals surface area contributed by atoms with Gasteiger partial charge in [0.05, 0.1) is 0 Å². The van der Waals surface area contributed by atoms with Crippen molar-refractivity contribution in [2.75, 3.05) is 6.54 Å². The standard InChI is InChI=1S/C11H13NO2.C5H9NO2/c13-11(14)10-7-6-9(12-10)8-4-2-1-3-5-8;7-5(8)4-2-1-3-6-4/h1-5,9-10,12H,6-7H2,(H,13,14);4,6H,1-3H2,(H,7,8)/t9?,10-;4-/m00/s1. The molecule has 0 radical (unpaired) electrons. The van der Waals surface area contributed by atoms with E-state index in [1.54, 1.807) is 0 Å². The lowest BCUT2D eigenvalue weighted by atomic mass is 10.1. The number of carboxylic acids is 2. The summed E-state index contributed by atoms with van der Waals surface area (Å²) in [5, 5.41) is 23.1. The molecule has 1 aromatic rings. The fourth-order valence-corrected chi connectivity index (χ4v) is 2.78. The lowest BCUT2D eigenvalue weighted by molar-refractivity contribution is -0.140. The third-order valence-electron chi connectivity index (χ3n) is 4.00. The van der Waals surface area contributed by atoms with E-state index >= 15 is 0 Å². The van der Waals surface area contributed by atoms with Gasteiger partial charge in [0.2, 0.25) is 0 Å². The quantitative estimate of drug-likeness (QED) is 0.673. The fraction of sp³-hybridized carbons (Fsp3) is 0.500. The SMILES string of the molecule is O=C(O)[C@@H]1CCC(c2ccccc2)N1.O=C(O)[C@@H]1CCCN1. The Bertz CT molecular complexity index is 500. The average molecular weight is 306 g/mol. The molecule has 4 N–H and O–H groups in total. The van der Waals surface area contributed by atoms with Crippen molar-refractivity contribution in [3.8, 4) is 0 Å². The van der Waals surface area contributed by atoms with E-state index in [0.717, 1.165) is 32.2 Å². The van der Waals surface area contributed by atoms with Gasteiger partial charge in [0, 0.05) is 6.04 Å². The zero-order valence-electron chi connectivity index (χ0n) is 12.4. The molecule has 22 heavy (non-hydrogen) atoms. The Morgan fingerprint density at radius 3 is 2.09 bits per heavy atom. The van der Waals surface area contributed by atoms with E-state index in [1.807, 2.05) is 30.3 Å². The lowest BCUT2D eigenvalue weighted by Gasteiger charge is -2.11. The first kappa shape index (κ1) is 16.5. The predicted molar refractivity (Wildman–Crippen MR) is 81.6 cm³/mol. The summed E-state index contributed by atoms with van der Waals surface area (Å²) in [6.07, 6.45) is 3.40. The molecule has 0 amide bonds. The molecule has 0 aliphatic carbocycles. The highest BCUT2D eigenvalue weighted by Gasteiger charge is 2.29. The molecule has 6 heteroatoms. The van der Waals surface area contributed by atoms with Crippen LogP contribution in [0.1, 0.15) is 37.3 Å².